The van der Waals surface area contributed by atoms with Crippen molar-refractivity contribution in [2.45, 2.75) is 20.3 Å². The fourth-order valence-electron chi connectivity index (χ4n) is 2.59. The van der Waals surface area contributed by atoms with E-state index in [1.165, 1.54) is 0 Å². The molecule has 1 saturated heterocycles. The molecule has 0 aliphatic carbocycles. The Morgan fingerprint density at radius 1 is 1.04 bits per heavy atom. The van der Waals surface area contributed by atoms with Crippen LogP contribution in [0.5, 0.6) is 0 Å². The molecule has 2 amide bonds. The number of benzene rings is 1. The summed E-state index contributed by atoms with van der Waals surface area (Å²) in [5, 5.41) is 0. The molecular formula is C17H22N2O4. The van der Waals surface area contributed by atoms with Gasteiger partial charge in [0.25, 0.3) is 5.91 Å². The molecule has 0 N–H and O–H groups in total. The molecule has 6 heteroatoms. The highest BCUT2D eigenvalue weighted by Gasteiger charge is 2.26. The lowest BCUT2D eigenvalue weighted by molar-refractivity contribution is -0.149. The molecule has 124 valence electrons. The van der Waals surface area contributed by atoms with Crippen LogP contribution in [0.4, 0.5) is 0 Å². The molecule has 1 aromatic carbocycles. The topological polar surface area (TPSA) is 66.9 Å². The molecular weight excluding hydrogens is 296 g/mol. The molecule has 0 aromatic heterocycles. The number of hydrogen-bond acceptors (Lipinski definition) is 4. The molecule has 0 bridgehead atoms. The number of nitrogens with zero attached hydrogens (tertiary/aromatic N) is 2. The van der Waals surface area contributed by atoms with Gasteiger partial charge in [-0.2, -0.15) is 0 Å². The third kappa shape index (κ3) is 4.31. The maximum atomic E-state index is 12.5. The van der Waals surface area contributed by atoms with Gasteiger partial charge in [0.1, 0.15) is 6.42 Å². The van der Waals surface area contributed by atoms with Gasteiger partial charge in [0.05, 0.1) is 6.61 Å². The number of piperazine rings is 1. The van der Waals surface area contributed by atoms with Crippen molar-refractivity contribution in [1.29, 1.82) is 0 Å². The average molecular weight is 318 g/mol. The summed E-state index contributed by atoms with van der Waals surface area (Å²) >= 11 is 0. The maximum absolute atomic E-state index is 12.5. The molecule has 0 unspecified atom stereocenters. The number of hydrogen-bond donors (Lipinski definition) is 0. The van der Waals surface area contributed by atoms with E-state index in [1.54, 1.807) is 16.7 Å². The van der Waals surface area contributed by atoms with Crippen molar-refractivity contribution in [3.8, 4) is 0 Å². The molecule has 0 atom stereocenters. The second-order valence-corrected chi connectivity index (χ2v) is 5.47. The van der Waals surface area contributed by atoms with Crippen molar-refractivity contribution in [1.82, 2.24) is 9.80 Å². The van der Waals surface area contributed by atoms with Gasteiger partial charge >= 0.3 is 5.97 Å². The molecule has 1 aliphatic rings. The summed E-state index contributed by atoms with van der Waals surface area (Å²) in [5.41, 5.74) is 1.64. The van der Waals surface area contributed by atoms with Crippen molar-refractivity contribution in [3.05, 3.63) is 35.4 Å². The third-order valence-electron chi connectivity index (χ3n) is 3.90. The zero-order valence-electron chi connectivity index (χ0n) is 13.6. The SMILES string of the molecule is CCOC(=O)CC(=O)N1CCN(C(=O)c2ccccc2C)CC1. The van der Waals surface area contributed by atoms with Crippen molar-refractivity contribution in [3.63, 3.8) is 0 Å². The van der Waals surface area contributed by atoms with Crippen LogP contribution in [0.3, 0.4) is 0 Å². The second kappa shape index (κ2) is 7.76. The average Bonchev–Trinajstić information content (AvgIpc) is 2.55. The summed E-state index contributed by atoms with van der Waals surface area (Å²) in [6.07, 6.45) is -0.237. The molecule has 6 nitrogen and oxygen atoms in total. The van der Waals surface area contributed by atoms with Gasteiger partial charge in [-0.3, -0.25) is 14.4 Å². The largest absolute Gasteiger partial charge is 0.466 e. The normalized spacial score (nSPS) is 14.5. The standard InChI is InChI=1S/C17H22N2O4/c1-3-23-16(21)12-15(20)18-8-10-19(11-9-18)17(22)14-7-5-4-6-13(14)2/h4-7H,3,8-12H2,1-2H3. The molecule has 0 radical (unpaired) electrons. The lowest BCUT2D eigenvalue weighted by Gasteiger charge is -2.35. The van der Waals surface area contributed by atoms with Crippen molar-refractivity contribution < 1.29 is 19.1 Å². The molecule has 0 spiro atoms. The van der Waals surface area contributed by atoms with Crippen LogP contribution >= 0.6 is 0 Å². The summed E-state index contributed by atoms with van der Waals surface area (Å²) in [6, 6.07) is 7.47. The number of aryl methyl sites for hydroxylation is 1. The number of carbonyl (C=O) groups is 3. The van der Waals surface area contributed by atoms with E-state index in [2.05, 4.69) is 0 Å². The number of rotatable bonds is 4. The third-order valence-corrected chi connectivity index (χ3v) is 3.90. The van der Waals surface area contributed by atoms with Crippen LogP contribution in [-0.2, 0) is 14.3 Å². The Labute approximate surface area is 136 Å². The Morgan fingerprint density at radius 2 is 1.65 bits per heavy atom. The summed E-state index contributed by atoms with van der Waals surface area (Å²) in [4.78, 5) is 39.2. The predicted octanol–water partition coefficient (Wildman–Crippen LogP) is 1.23. The summed E-state index contributed by atoms with van der Waals surface area (Å²) in [6.45, 7) is 5.71. The van der Waals surface area contributed by atoms with Crippen LogP contribution in [0, 0.1) is 6.92 Å². The highest BCUT2D eigenvalue weighted by atomic mass is 16.5. The fraction of sp³-hybridized carbons (Fsp3) is 0.471. The minimum Gasteiger partial charge on any atom is -0.466 e. The zero-order valence-corrected chi connectivity index (χ0v) is 13.6. The second-order valence-electron chi connectivity index (χ2n) is 5.47. The molecule has 2 rings (SSSR count). The first-order chi connectivity index (χ1) is 11.0. The first kappa shape index (κ1) is 17.0. The number of ether oxygens (including phenoxy) is 1. The molecule has 1 aromatic rings. The van der Waals surface area contributed by atoms with Crippen molar-refractivity contribution >= 4 is 17.8 Å². The predicted molar refractivity (Wildman–Crippen MR) is 84.9 cm³/mol. The molecule has 1 aliphatic heterocycles. The van der Waals surface area contributed by atoms with Gasteiger partial charge in [-0.05, 0) is 25.5 Å². The van der Waals surface area contributed by atoms with Gasteiger partial charge in [-0.25, -0.2) is 0 Å². The van der Waals surface area contributed by atoms with Gasteiger partial charge in [-0.15, -0.1) is 0 Å². The Kier molecular flexibility index (Phi) is 5.73. The van der Waals surface area contributed by atoms with E-state index in [0.717, 1.165) is 5.56 Å². The fourth-order valence-corrected chi connectivity index (χ4v) is 2.59. The summed E-state index contributed by atoms with van der Waals surface area (Å²) in [5.74, 6) is -0.761. The zero-order chi connectivity index (χ0) is 16.8. The lowest BCUT2D eigenvalue weighted by atomic mass is 10.1. The quantitative estimate of drug-likeness (QED) is 0.619. The Bertz CT molecular complexity index is 592. The van der Waals surface area contributed by atoms with Crippen LogP contribution in [-0.4, -0.2) is 60.4 Å². The lowest BCUT2D eigenvalue weighted by Crippen LogP contribution is -2.51. The van der Waals surface area contributed by atoms with E-state index in [1.807, 2.05) is 31.2 Å². The maximum Gasteiger partial charge on any atom is 0.315 e. The number of amides is 2. The Balaban J connectivity index is 1.89. The minimum atomic E-state index is -0.504. The van der Waals surface area contributed by atoms with Crippen molar-refractivity contribution in [2.24, 2.45) is 0 Å². The highest BCUT2D eigenvalue weighted by molar-refractivity contribution is 5.96. The number of esters is 1. The smallest absolute Gasteiger partial charge is 0.315 e. The van der Waals surface area contributed by atoms with Gasteiger partial charge in [-0.1, -0.05) is 18.2 Å². The van der Waals surface area contributed by atoms with E-state index in [4.69, 9.17) is 4.74 Å². The Morgan fingerprint density at radius 3 is 2.26 bits per heavy atom. The molecule has 23 heavy (non-hydrogen) atoms. The summed E-state index contributed by atoms with van der Waals surface area (Å²) < 4.78 is 4.78. The Hall–Kier alpha value is -2.37. The van der Waals surface area contributed by atoms with Crippen LogP contribution in [0.25, 0.3) is 0 Å². The molecule has 1 heterocycles. The first-order valence-electron chi connectivity index (χ1n) is 7.81. The van der Waals surface area contributed by atoms with E-state index < -0.39 is 5.97 Å². The van der Waals surface area contributed by atoms with Gasteiger partial charge in [0.15, 0.2) is 0 Å². The summed E-state index contributed by atoms with van der Waals surface area (Å²) in [7, 11) is 0. The van der Waals surface area contributed by atoms with Gasteiger partial charge in [0.2, 0.25) is 5.91 Å². The van der Waals surface area contributed by atoms with E-state index in [9.17, 15) is 14.4 Å². The highest BCUT2D eigenvalue weighted by Crippen LogP contribution is 2.13. The minimum absolute atomic E-state index is 0.0133. The van der Waals surface area contributed by atoms with Crippen LogP contribution in [0.1, 0.15) is 29.3 Å². The van der Waals surface area contributed by atoms with Crippen LogP contribution in [0.15, 0.2) is 24.3 Å². The molecule has 1 fully saturated rings. The van der Waals surface area contributed by atoms with E-state index >= 15 is 0 Å². The van der Waals surface area contributed by atoms with Gasteiger partial charge < -0.3 is 14.5 Å². The van der Waals surface area contributed by atoms with Crippen molar-refractivity contribution in [2.75, 3.05) is 32.8 Å². The van der Waals surface area contributed by atoms with Crippen LogP contribution < -0.4 is 0 Å². The van der Waals surface area contributed by atoms with Gasteiger partial charge in [0, 0.05) is 31.7 Å². The molecule has 0 saturated carbocycles. The number of carbonyl (C=O) groups excluding carboxylic acids is 3. The van der Waals surface area contributed by atoms with E-state index in [-0.39, 0.29) is 24.8 Å². The first-order valence-corrected chi connectivity index (χ1v) is 7.81. The van der Waals surface area contributed by atoms with E-state index in [0.29, 0.717) is 31.7 Å². The van der Waals surface area contributed by atoms with Crippen LogP contribution in [0.2, 0.25) is 0 Å². The monoisotopic (exact) mass is 318 g/mol.